The van der Waals surface area contributed by atoms with Crippen LogP contribution in [0, 0.1) is 12.8 Å². The summed E-state index contributed by atoms with van der Waals surface area (Å²) in [4.78, 5) is 26.7. The van der Waals surface area contributed by atoms with Crippen LogP contribution in [0.3, 0.4) is 0 Å². The number of nitrogens with zero attached hydrogens (tertiary/aromatic N) is 1. The van der Waals surface area contributed by atoms with E-state index in [0.717, 1.165) is 33.6 Å². The molecule has 1 aliphatic rings. The summed E-state index contributed by atoms with van der Waals surface area (Å²) in [5.74, 6) is 0.257. The first kappa shape index (κ1) is 19.4. The van der Waals surface area contributed by atoms with Gasteiger partial charge in [-0.15, -0.1) is 0 Å². The second kappa shape index (κ2) is 8.57. The third-order valence-corrected chi connectivity index (χ3v) is 5.06. The van der Waals surface area contributed by atoms with Gasteiger partial charge >= 0.3 is 0 Å². The Morgan fingerprint density at radius 1 is 1.26 bits per heavy atom. The van der Waals surface area contributed by atoms with Crippen molar-refractivity contribution in [3.63, 3.8) is 0 Å². The van der Waals surface area contributed by atoms with Crippen molar-refractivity contribution in [3.05, 3.63) is 52.5 Å². The summed E-state index contributed by atoms with van der Waals surface area (Å²) in [5, 5.41) is 2.95. The van der Waals surface area contributed by atoms with Crippen LogP contribution in [0.25, 0.3) is 0 Å². The number of aryl methyl sites for hydroxylation is 1. The van der Waals surface area contributed by atoms with Gasteiger partial charge in [-0.2, -0.15) is 0 Å². The van der Waals surface area contributed by atoms with Crippen molar-refractivity contribution in [2.24, 2.45) is 5.92 Å². The van der Waals surface area contributed by atoms with E-state index < -0.39 is 0 Å². The maximum absolute atomic E-state index is 12.6. The van der Waals surface area contributed by atoms with Gasteiger partial charge in [-0.05, 0) is 61.4 Å². The molecule has 3 rings (SSSR count). The van der Waals surface area contributed by atoms with E-state index in [4.69, 9.17) is 4.74 Å². The molecule has 5 nitrogen and oxygen atoms in total. The molecule has 1 saturated heterocycles. The molecular formula is C21H23BrN2O3. The Hall–Kier alpha value is -2.34. The van der Waals surface area contributed by atoms with Crippen LogP contribution in [-0.4, -0.2) is 25.0 Å². The summed E-state index contributed by atoms with van der Waals surface area (Å²) < 4.78 is 6.54. The average Bonchev–Trinajstić information content (AvgIpc) is 3.04. The van der Waals surface area contributed by atoms with Crippen LogP contribution in [0.5, 0.6) is 5.75 Å². The Bertz CT molecular complexity index is 836. The van der Waals surface area contributed by atoms with Gasteiger partial charge < -0.3 is 15.0 Å². The van der Waals surface area contributed by atoms with Gasteiger partial charge in [0.1, 0.15) is 5.75 Å². The Kier molecular flexibility index (Phi) is 6.16. The molecule has 0 spiro atoms. The Morgan fingerprint density at radius 2 is 2.00 bits per heavy atom. The summed E-state index contributed by atoms with van der Waals surface area (Å²) in [5.41, 5.74) is 2.53. The first-order valence-corrected chi connectivity index (χ1v) is 9.87. The molecular weight excluding hydrogens is 408 g/mol. The zero-order chi connectivity index (χ0) is 19.4. The first-order chi connectivity index (χ1) is 13.0. The lowest BCUT2D eigenvalue weighted by molar-refractivity contribution is -0.122. The van der Waals surface area contributed by atoms with Crippen LogP contribution in [0.15, 0.2) is 46.9 Å². The zero-order valence-electron chi connectivity index (χ0n) is 15.5. The molecule has 1 aliphatic heterocycles. The minimum Gasteiger partial charge on any atom is -0.494 e. The largest absolute Gasteiger partial charge is 0.494 e. The quantitative estimate of drug-likeness (QED) is 0.731. The minimum atomic E-state index is -0.364. The molecule has 2 aromatic carbocycles. The van der Waals surface area contributed by atoms with E-state index in [1.807, 2.05) is 49.4 Å². The summed E-state index contributed by atoms with van der Waals surface area (Å²) in [7, 11) is 0. The summed E-state index contributed by atoms with van der Waals surface area (Å²) >= 11 is 3.42. The lowest BCUT2D eigenvalue weighted by Crippen LogP contribution is -2.28. The second-order valence-corrected chi connectivity index (χ2v) is 7.61. The predicted molar refractivity (Wildman–Crippen MR) is 110 cm³/mol. The van der Waals surface area contributed by atoms with E-state index in [0.29, 0.717) is 13.2 Å². The third-order valence-electron chi connectivity index (χ3n) is 4.56. The van der Waals surface area contributed by atoms with Crippen molar-refractivity contribution in [2.75, 3.05) is 23.4 Å². The van der Waals surface area contributed by atoms with Crippen LogP contribution in [-0.2, 0) is 9.59 Å². The van der Waals surface area contributed by atoms with Gasteiger partial charge in [-0.25, -0.2) is 0 Å². The van der Waals surface area contributed by atoms with Crippen molar-refractivity contribution < 1.29 is 14.3 Å². The van der Waals surface area contributed by atoms with Crippen molar-refractivity contribution in [3.8, 4) is 5.75 Å². The number of benzene rings is 2. The van der Waals surface area contributed by atoms with Crippen molar-refractivity contribution in [2.45, 2.75) is 26.7 Å². The molecule has 1 atom stereocenters. The lowest BCUT2D eigenvalue weighted by Gasteiger charge is -2.17. The van der Waals surface area contributed by atoms with Crippen molar-refractivity contribution >= 4 is 39.1 Å². The number of hydrogen-bond donors (Lipinski definition) is 1. The minimum absolute atomic E-state index is 0.0371. The highest BCUT2D eigenvalue weighted by molar-refractivity contribution is 9.10. The number of ether oxygens (including phenoxy) is 1. The van der Waals surface area contributed by atoms with Crippen molar-refractivity contribution in [1.82, 2.24) is 0 Å². The van der Waals surface area contributed by atoms with Gasteiger partial charge in [0.2, 0.25) is 11.8 Å². The zero-order valence-corrected chi connectivity index (χ0v) is 17.1. The standard InChI is InChI=1S/C21H23BrN2O3/c1-3-10-27-18-7-5-17(6-8-18)24-13-15(12-20(24)25)21(26)23-19-9-4-16(22)11-14(19)2/h4-9,11,15H,3,10,12-13H2,1-2H3,(H,23,26)/t15-/m0/s1. The van der Waals surface area contributed by atoms with Gasteiger partial charge in [0, 0.05) is 28.8 Å². The number of carbonyl (C=O) groups excluding carboxylic acids is 2. The Morgan fingerprint density at radius 3 is 2.67 bits per heavy atom. The van der Waals surface area contributed by atoms with Gasteiger partial charge in [0.25, 0.3) is 0 Å². The van der Waals surface area contributed by atoms with Gasteiger partial charge in [0.15, 0.2) is 0 Å². The maximum Gasteiger partial charge on any atom is 0.229 e. The molecule has 1 fully saturated rings. The molecule has 0 aliphatic carbocycles. The van der Waals surface area contributed by atoms with Crippen LogP contribution in [0.1, 0.15) is 25.3 Å². The highest BCUT2D eigenvalue weighted by Gasteiger charge is 2.35. The Labute approximate surface area is 167 Å². The Balaban J connectivity index is 1.65. The number of carbonyl (C=O) groups is 2. The first-order valence-electron chi connectivity index (χ1n) is 9.08. The number of halogens is 1. The van der Waals surface area contributed by atoms with Gasteiger partial charge in [-0.1, -0.05) is 22.9 Å². The van der Waals surface area contributed by atoms with Crippen LogP contribution in [0.2, 0.25) is 0 Å². The van der Waals surface area contributed by atoms with Crippen LogP contribution < -0.4 is 15.0 Å². The molecule has 0 saturated carbocycles. The fourth-order valence-electron chi connectivity index (χ4n) is 3.08. The molecule has 27 heavy (non-hydrogen) atoms. The molecule has 1 N–H and O–H groups in total. The molecule has 0 radical (unpaired) electrons. The number of hydrogen-bond acceptors (Lipinski definition) is 3. The predicted octanol–water partition coefficient (Wildman–Crippen LogP) is 4.54. The second-order valence-electron chi connectivity index (χ2n) is 6.70. The molecule has 142 valence electrons. The third kappa shape index (κ3) is 4.69. The summed E-state index contributed by atoms with van der Waals surface area (Å²) in [6.07, 6.45) is 1.16. The number of amides is 2. The molecule has 0 aromatic heterocycles. The molecule has 0 bridgehead atoms. The fourth-order valence-corrected chi connectivity index (χ4v) is 3.55. The van der Waals surface area contributed by atoms with E-state index >= 15 is 0 Å². The van der Waals surface area contributed by atoms with Crippen LogP contribution in [0.4, 0.5) is 11.4 Å². The van der Waals surface area contributed by atoms with E-state index in [1.54, 1.807) is 4.90 Å². The molecule has 2 amide bonds. The van der Waals surface area contributed by atoms with E-state index in [1.165, 1.54) is 0 Å². The normalized spacial score (nSPS) is 16.5. The average molecular weight is 431 g/mol. The fraction of sp³-hybridized carbons (Fsp3) is 0.333. The smallest absolute Gasteiger partial charge is 0.229 e. The molecule has 6 heteroatoms. The molecule has 2 aromatic rings. The van der Waals surface area contributed by atoms with E-state index in [-0.39, 0.29) is 24.2 Å². The number of nitrogens with one attached hydrogen (secondary N) is 1. The van der Waals surface area contributed by atoms with Gasteiger partial charge in [-0.3, -0.25) is 9.59 Å². The van der Waals surface area contributed by atoms with Gasteiger partial charge in [0.05, 0.1) is 12.5 Å². The summed E-state index contributed by atoms with van der Waals surface area (Å²) in [6, 6.07) is 13.1. The van der Waals surface area contributed by atoms with E-state index in [2.05, 4.69) is 28.2 Å². The maximum atomic E-state index is 12.6. The highest BCUT2D eigenvalue weighted by Crippen LogP contribution is 2.28. The summed E-state index contributed by atoms with van der Waals surface area (Å²) in [6.45, 7) is 5.04. The molecule has 1 heterocycles. The number of anilines is 2. The SMILES string of the molecule is CCCOc1ccc(N2C[C@@H](C(=O)Nc3ccc(Br)cc3C)CC2=O)cc1. The number of rotatable bonds is 6. The monoisotopic (exact) mass is 430 g/mol. The topological polar surface area (TPSA) is 58.6 Å². The molecule has 0 unspecified atom stereocenters. The highest BCUT2D eigenvalue weighted by atomic mass is 79.9. The van der Waals surface area contributed by atoms with Crippen molar-refractivity contribution in [1.29, 1.82) is 0 Å². The lowest BCUT2D eigenvalue weighted by atomic mass is 10.1. The van der Waals surface area contributed by atoms with Crippen LogP contribution >= 0.6 is 15.9 Å². The van der Waals surface area contributed by atoms with E-state index in [9.17, 15) is 9.59 Å².